The molecule has 156 valence electrons. The fraction of sp³-hybridized carbons (Fsp3) is 0.192. The average molecular weight is 428 g/mol. The van der Waals surface area contributed by atoms with Crippen LogP contribution in [0.5, 0.6) is 0 Å². The molecule has 1 saturated heterocycles. The number of para-hydroxylation sites is 1. The zero-order valence-electron chi connectivity index (χ0n) is 17.6. The van der Waals surface area contributed by atoms with Gasteiger partial charge in [0.25, 0.3) is 5.91 Å². The highest BCUT2D eigenvalue weighted by Gasteiger charge is 2.20. The Labute approximate surface area is 187 Å². The zero-order valence-corrected chi connectivity index (χ0v) is 18.4. The number of carbonyl (C=O) groups excluding carboxylic acids is 1. The third kappa shape index (κ3) is 3.99. The molecule has 2 aliphatic rings. The van der Waals surface area contributed by atoms with Crippen molar-refractivity contribution in [3.8, 4) is 0 Å². The second-order valence-corrected chi connectivity index (χ2v) is 9.17. The Morgan fingerprint density at radius 1 is 0.839 bits per heavy atom. The van der Waals surface area contributed by atoms with E-state index in [9.17, 15) is 4.79 Å². The van der Waals surface area contributed by atoms with Crippen molar-refractivity contribution >= 4 is 34.6 Å². The van der Waals surface area contributed by atoms with Crippen LogP contribution in [0.15, 0.2) is 83.1 Å². The summed E-state index contributed by atoms with van der Waals surface area (Å²) in [5.74, 6) is 0.110. The van der Waals surface area contributed by atoms with E-state index in [0.29, 0.717) is 0 Å². The minimum atomic E-state index is 0.110. The topological polar surface area (TPSA) is 35.6 Å². The van der Waals surface area contributed by atoms with Gasteiger partial charge in [0.05, 0.1) is 11.4 Å². The summed E-state index contributed by atoms with van der Waals surface area (Å²) in [5.41, 5.74) is 6.02. The summed E-state index contributed by atoms with van der Waals surface area (Å²) in [6.07, 6.45) is 0. The van der Waals surface area contributed by atoms with Gasteiger partial charge in [0.15, 0.2) is 0 Å². The summed E-state index contributed by atoms with van der Waals surface area (Å²) in [6.45, 7) is 7.75. The molecule has 3 aromatic rings. The standard InChI is InChI=1S/C26H25N3OS/c1-18(19-7-9-20(10-8-19)26(30)29-15-13-28(2)14-16-29)21-11-12-25-23(17-21)27-22-5-3-4-6-24(22)31-25/h3-12,17,27H,1,13-16H2,2H3. The number of fused-ring (bicyclic) bond motifs is 2. The number of nitrogens with zero attached hydrogens (tertiary/aromatic N) is 2. The highest BCUT2D eigenvalue weighted by Crippen LogP contribution is 2.44. The molecule has 1 N–H and O–H groups in total. The minimum Gasteiger partial charge on any atom is -0.354 e. The first-order chi connectivity index (χ1) is 15.1. The molecule has 1 amide bonds. The van der Waals surface area contributed by atoms with Crippen molar-refractivity contribution in [2.24, 2.45) is 0 Å². The van der Waals surface area contributed by atoms with Crippen LogP contribution in [0.2, 0.25) is 0 Å². The Kier molecular flexibility index (Phi) is 5.30. The number of likely N-dealkylation sites (N-methyl/N-ethyl adjacent to an activating group) is 1. The number of piperazine rings is 1. The summed E-state index contributed by atoms with van der Waals surface area (Å²) in [6, 6.07) is 22.6. The van der Waals surface area contributed by atoms with Gasteiger partial charge in [-0.2, -0.15) is 0 Å². The number of nitrogens with one attached hydrogen (secondary N) is 1. The lowest BCUT2D eigenvalue weighted by Gasteiger charge is -2.32. The summed E-state index contributed by atoms with van der Waals surface area (Å²) in [4.78, 5) is 19.4. The van der Waals surface area contributed by atoms with Crippen molar-refractivity contribution in [3.05, 3.63) is 90.0 Å². The predicted octanol–water partition coefficient (Wildman–Crippen LogP) is 5.34. The molecular formula is C26H25N3OS. The molecule has 0 aliphatic carbocycles. The van der Waals surface area contributed by atoms with E-state index < -0.39 is 0 Å². The van der Waals surface area contributed by atoms with Crippen LogP contribution in [0.3, 0.4) is 0 Å². The van der Waals surface area contributed by atoms with E-state index in [4.69, 9.17) is 0 Å². The number of amides is 1. The number of hydrogen-bond donors (Lipinski definition) is 1. The molecule has 0 atom stereocenters. The smallest absolute Gasteiger partial charge is 0.253 e. The molecule has 5 heteroatoms. The molecular weight excluding hydrogens is 402 g/mol. The normalized spacial score (nSPS) is 15.6. The maximum atomic E-state index is 12.8. The van der Waals surface area contributed by atoms with Crippen LogP contribution in [0, 0.1) is 0 Å². The first-order valence-electron chi connectivity index (χ1n) is 10.5. The highest BCUT2D eigenvalue weighted by atomic mass is 32.2. The largest absolute Gasteiger partial charge is 0.354 e. The van der Waals surface area contributed by atoms with Crippen molar-refractivity contribution in [2.45, 2.75) is 9.79 Å². The zero-order chi connectivity index (χ0) is 21.4. The van der Waals surface area contributed by atoms with E-state index in [1.807, 2.05) is 35.2 Å². The fourth-order valence-electron chi connectivity index (χ4n) is 4.00. The second kappa shape index (κ2) is 8.25. The molecule has 2 aliphatic heterocycles. The van der Waals surface area contributed by atoms with Crippen LogP contribution in [-0.4, -0.2) is 48.9 Å². The highest BCUT2D eigenvalue weighted by molar-refractivity contribution is 7.99. The third-order valence-corrected chi connectivity index (χ3v) is 7.13. The Morgan fingerprint density at radius 3 is 2.26 bits per heavy atom. The molecule has 3 aromatic carbocycles. The van der Waals surface area contributed by atoms with Crippen LogP contribution in [-0.2, 0) is 0 Å². The Morgan fingerprint density at radius 2 is 1.48 bits per heavy atom. The molecule has 4 nitrogen and oxygen atoms in total. The number of rotatable bonds is 3. The van der Waals surface area contributed by atoms with E-state index in [-0.39, 0.29) is 5.91 Å². The van der Waals surface area contributed by atoms with Crippen LogP contribution in [0.1, 0.15) is 21.5 Å². The molecule has 0 bridgehead atoms. The van der Waals surface area contributed by atoms with Crippen molar-refractivity contribution in [1.29, 1.82) is 0 Å². The second-order valence-electron chi connectivity index (χ2n) is 8.09. The van der Waals surface area contributed by atoms with E-state index >= 15 is 0 Å². The van der Waals surface area contributed by atoms with Crippen molar-refractivity contribution in [3.63, 3.8) is 0 Å². The molecule has 2 heterocycles. The lowest BCUT2D eigenvalue weighted by atomic mass is 9.98. The lowest BCUT2D eigenvalue weighted by Crippen LogP contribution is -2.47. The molecule has 31 heavy (non-hydrogen) atoms. The van der Waals surface area contributed by atoms with E-state index in [0.717, 1.165) is 59.8 Å². The fourth-order valence-corrected chi connectivity index (χ4v) is 4.97. The monoisotopic (exact) mass is 427 g/mol. The lowest BCUT2D eigenvalue weighted by molar-refractivity contribution is 0.0664. The Bertz CT molecular complexity index is 1150. The Hall–Kier alpha value is -3.02. The number of benzene rings is 3. The third-order valence-electron chi connectivity index (χ3n) is 5.98. The molecule has 0 spiro atoms. The van der Waals surface area contributed by atoms with E-state index in [2.05, 4.69) is 60.2 Å². The Balaban J connectivity index is 1.32. The van der Waals surface area contributed by atoms with Crippen LogP contribution < -0.4 is 5.32 Å². The number of anilines is 2. The van der Waals surface area contributed by atoms with E-state index in [1.54, 1.807) is 11.8 Å². The van der Waals surface area contributed by atoms with Gasteiger partial charge >= 0.3 is 0 Å². The maximum Gasteiger partial charge on any atom is 0.253 e. The number of carbonyl (C=O) groups is 1. The average Bonchev–Trinajstić information content (AvgIpc) is 2.82. The quantitative estimate of drug-likeness (QED) is 0.478. The van der Waals surface area contributed by atoms with Gasteiger partial charge in [0.2, 0.25) is 0 Å². The van der Waals surface area contributed by atoms with Gasteiger partial charge in [-0.05, 0) is 60.1 Å². The molecule has 0 saturated carbocycles. The van der Waals surface area contributed by atoms with Crippen LogP contribution >= 0.6 is 11.8 Å². The molecule has 0 unspecified atom stereocenters. The van der Waals surface area contributed by atoms with Gasteiger partial charge in [-0.25, -0.2) is 0 Å². The summed E-state index contributed by atoms with van der Waals surface area (Å²) in [5, 5.41) is 3.54. The minimum absolute atomic E-state index is 0.110. The first kappa shape index (κ1) is 19.9. The number of hydrogen-bond acceptors (Lipinski definition) is 4. The van der Waals surface area contributed by atoms with E-state index in [1.165, 1.54) is 9.79 Å². The van der Waals surface area contributed by atoms with Gasteiger partial charge in [0.1, 0.15) is 0 Å². The summed E-state index contributed by atoms with van der Waals surface area (Å²) in [7, 11) is 2.09. The van der Waals surface area contributed by atoms with Crippen LogP contribution in [0.25, 0.3) is 5.57 Å². The van der Waals surface area contributed by atoms with Gasteiger partial charge in [-0.1, -0.05) is 48.7 Å². The van der Waals surface area contributed by atoms with Gasteiger partial charge in [-0.3, -0.25) is 4.79 Å². The summed E-state index contributed by atoms with van der Waals surface area (Å²) < 4.78 is 0. The van der Waals surface area contributed by atoms with Gasteiger partial charge in [-0.15, -0.1) is 0 Å². The van der Waals surface area contributed by atoms with Crippen molar-refractivity contribution in [2.75, 3.05) is 38.5 Å². The summed E-state index contributed by atoms with van der Waals surface area (Å²) >= 11 is 1.78. The van der Waals surface area contributed by atoms with Crippen LogP contribution in [0.4, 0.5) is 11.4 Å². The van der Waals surface area contributed by atoms with Gasteiger partial charge in [0, 0.05) is 41.5 Å². The van der Waals surface area contributed by atoms with Crippen molar-refractivity contribution < 1.29 is 4.79 Å². The molecule has 1 fully saturated rings. The van der Waals surface area contributed by atoms with Gasteiger partial charge < -0.3 is 15.1 Å². The molecule has 0 radical (unpaired) electrons. The SMILES string of the molecule is C=C(c1ccc(C(=O)N2CCN(C)CC2)cc1)c1ccc2c(c1)Nc1ccccc1S2. The molecule has 5 rings (SSSR count). The van der Waals surface area contributed by atoms with Crippen molar-refractivity contribution in [1.82, 2.24) is 9.80 Å². The molecule has 0 aromatic heterocycles. The predicted molar refractivity (Wildman–Crippen MR) is 128 cm³/mol. The maximum absolute atomic E-state index is 12.8. The first-order valence-corrected chi connectivity index (χ1v) is 11.4.